The van der Waals surface area contributed by atoms with E-state index in [0.717, 1.165) is 5.92 Å². The van der Waals surface area contributed by atoms with Crippen molar-refractivity contribution < 1.29 is 0 Å². The van der Waals surface area contributed by atoms with Crippen LogP contribution in [0.1, 0.15) is 60.3 Å². The van der Waals surface area contributed by atoms with Crippen LogP contribution in [0.2, 0.25) is 0 Å². The van der Waals surface area contributed by atoms with Gasteiger partial charge in [0.25, 0.3) is 0 Å². The Bertz CT molecular complexity index is 189. The molecule has 0 radical (unpaired) electrons. The molecule has 2 fully saturated rings. The van der Waals surface area contributed by atoms with Gasteiger partial charge < -0.3 is 10.6 Å². The van der Waals surface area contributed by atoms with E-state index in [1.807, 2.05) is 0 Å². The molecule has 0 amide bonds. The summed E-state index contributed by atoms with van der Waals surface area (Å²) in [5.41, 5.74) is 0.726. The normalized spacial score (nSPS) is 31.7. The van der Waals surface area contributed by atoms with Gasteiger partial charge in [0.1, 0.15) is 0 Å². The second-order valence-electron chi connectivity index (χ2n) is 6.84. The Morgan fingerprint density at radius 1 is 1.00 bits per heavy atom. The third-order valence-corrected chi connectivity index (χ3v) is 3.59. The summed E-state index contributed by atoms with van der Waals surface area (Å²) in [7, 11) is 0. The number of rotatable bonds is 0. The summed E-state index contributed by atoms with van der Waals surface area (Å²) in [4.78, 5) is 0. The van der Waals surface area contributed by atoms with Crippen molar-refractivity contribution >= 4 is 0 Å². The molecule has 2 N–H and O–H groups in total. The first-order chi connectivity index (χ1) is 7.31. The van der Waals surface area contributed by atoms with Crippen molar-refractivity contribution in [3.63, 3.8) is 0 Å². The minimum Gasteiger partial charge on any atom is -0.316 e. The third kappa shape index (κ3) is 5.31. The van der Waals surface area contributed by atoms with Crippen LogP contribution in [0.5, 0.6) is 0 Å². The molecule has 0 aliphatic carbocycles. The van der Waals surface area contributed by atoms with Crippen molar-refractivity contribution in [1.82, 2.24) is 10.6 Å². The lowest BCUT2D eigenvalue weighted by Crippen LogP contribution is -2.55. The maximum absolute atomic E-state index is 3.63. The summed E-state index contributed by atoms with van der Waals surface area (Å²) in [6.07, 6.45) is 5.37. The summed E-state index contributed by atoms with van der Waals surface area (Å²) in [6, 6.07) is 0. The van der Waals surface area contributed by atoms with Gasteiger partial charge >= 0.3 is 0 Å². The highest BCUT2D eigenvalue weighted by Gasteiger charge is 2.31. The van der Waals surface area contributed by atoms with Crippen molar-refractivity contribution in [2.24, 2.45) is 5.92 Å². The van der Waals surface area contributed by atoms with Gasteiger partial charge in [-0.2, -0.15) is 0 Å². The van der Waals surface area contributed by atoms with E-state index in [0.29, 0.717) is 11.1 Å². The van der Waals surface area contributed by atoms with Crippen LogP contribution >= 0.6 is 0 Å². The predicted molar refractivity (Wildman–Crippen MR) is 71.8 cm³/mol. The molecular weight excluding hydrogens is 196 g/mol. The number of hydrogen-bond donors (Lipinski definition) is 2. The standard InChI is InChI=1S/C9H19N.C5H11N/c1-8(2)6-5-7-9(3,4)10-8;1-5-2-3-6-4-5/h10H,5-7H2,1-4H3;5-6H,2-4H2,1H3. The van der Waals surface area contributed by atoms with Crippen molar-refractivity contribution in [3.05, 3.63) is 0 Å². The van der Waals surface area contributed by atoms with E-state index in [1.54, 1.807) is 0 Å². The van der Waals surface area contributed by atoms with Gasteiger partial charge in [-0.1, -0.05) is 6.92 Å². The minimum atomic E-state index is 0.363. The molecular formula is C14H30N2. The molecule has 0 aromatic heterocycles. The summed E-state index contributed by atoms with van der Waals surface area (Å²) in [5, 5.41) is 6.90. The van der Waals surface area contributed by atoms with Gasteiger partial charge in [0, 0.05) is 11.1 Å². The summed E-state index contributed by atoms with van der Waals surface area (Å²) in [5.74, 6) is 0.935. The zero-order valence-electron chi connectivity index (χ0n) is 11.8. The van der Waals surface area contributed by atoms with Crippen LogP contribution in [0.25, 0.3) is 0 Å². The topological polar surface area (TPSA) is 24.1 Å². The summed E-state index contributed by atoms with van der Waals surface area (Å²) >= 11 is 0. The number of piperidine rings is 1. The molecule has 1 atom stereocenters. The maximum Gasteiger partial charge on any atom is 0.0130 e. The predicted octanol–water partition coefficient (Wildman–Crippen LogP) is 2.93. The number of nitrogens with one attached hydrogen (secondary N) is 2. The van der Waals surface area contributed by atoms with Crippen molar-refractivity contribution in [2.75, 3.05) is 13.1 Å². The van der Waals surface area contributed by atoms with E-state index >= 15 is 0 Å². The second kappa shape index (κ2) is 5.50. The Kier molecular flexibility index (Phi) is 4.81. The fourth-order valence-electron chi connectivity index (χ4n) is 2.81. The molecule has 0 saturated carbocycles. The second-order valence-corrected chi connectivity index (χ2v) is 6.84. The van der Waals surface area contributed by atoms with E-state index in [-0.39, 0.29) is 0 Å². The van der Waals surface area contributed by atoms with Crippen LogP contribution in [0.4, 0.5) is 0 Å². The maximum atomic E-state index is 3.63. The first-order valence-electron chi connectivity index (χ1n) is 6.81. The molecule has 96 valence electrons. The molecule has 2 aliphatic heterocycles. The molecule has 0 aromatic rings. The molecule has 0 bridgehead atoms. The average Bonchev–Trinajstić information content (AvgIpc) is 2.52. The molecule has 1 unspecified atom stereocenters. The smallest absolute Gasteiger partial charge is 0.0130 e. The van der Waals surface area contributed by atoms with Crippen molar-refractivity contribution in [3.8, 4) is 0 Å². The van der Waals surface area contributed by atoms with Crippen LogP contribution in [-0.2, 0) is 0 Å². The molecule has 16 heavy (non-hydrogen) atoms. The van der Waals surface area contributed by atoms with Crippen LogP contribution in [0, 0.1) is 5.92 Å². The molecule has 2 heteroatoms. The molecule has 0 aromatic carbocycles. The van der Waals surface area contributed by atoms with Gasteiger partial charge in [-0.3, -0.25) is 0 Å². The van der Waals surface area contributed by atoms with Gasteiger partial charge in [-0.15, -0.1) is 0 Å². The molecule has 2 aliphatic rings. The quantitative estimate of drug-likeness (QED) is 0.663. The van der Waals surface area contributed by atoms with E-state index in [2.05, 4.69) is 45.3 Å². The zero-order chi connectivity index (χ0) is 12.2. The van der Waals surface area contributed by atoms with Crippen molar-refractivity contribution in [1.29, 1.82) is 0 Å². The average molecular weight is 226 g/mol. The Morgan fingerprint density at radius 2 is 1.56 bits per heavy atom. The lowest BCUT2D eigenvalue weighted by molar-refractivity contribution is 0.183. The Morgan fingerprint density at radius 3 is 1.75 bits per heavy atom. The molecule has 0 spiro atoms. The highest BCUT2D eigenvalue weighted by atomic mass is 15.0. The molecule has 2 heterocycles. The first kappa shape index (κ1) is 14.0. The van der Waals surface area contributed by atoms with E-state index in [9.17, 15) is 0 Å². The first-order valence-corrected chi connectivity index (χ1v) is 6.81. The Labute approximate surface area is 102 Å². The highest BCUT2D eigenvalue weighted by Crippen LogP contribution is 2.27. The van der Waals surface area contributed by atoms with E-state index in [1.165, 1.54) is 38.8 Å². The van der Waals surface area contributed by atoms with Crippen LogP contribution in [0.3, 0.4) is 0 Å². The Hall–Kier alpha value is -0.0800. The lowest BCUT2D eigenvalue weighted by atomic mass is 9.83. The summed E-state index contributed by atoms with van der Waals surface area (Å²) < 4.78 is 0. The van der Waals surface area contributed by atoms with Crippen LogP contribution < -0.4 is 10.6 Å². The summed E-state index contributed by atoms with van der Waals surface area (Å²) in [6.45, 7) is 13.9. The van der Waals surface area contributed by atoms with Crippen LogP contribution in [0.15, 0.2) is 0 Å². The highest BCUT2D eigenvalue weighted by molar-refractivity contribution is 4.92. The largest absolute Gasteiger partial charge is 0.316 e. The Balaban J connectivity index is 0.000000181. The SMILES string of the molecule is CC1(C)CCCC(C)(C)N1.CC1CCNC1. The van der Waals surface area contributed by atoms with Crippen molar-refractivity contribution in [2.45, 2.75) is 71.4 Å². The van der Waals surface area contributed by atoms with Gasteiger partial charge in [0.2, 0.25) is 0 Å². The van der Waals surface area contributed by atoms with E-state index < -0.39 is 0 Å². The van der Waals surface area contributed by atoms with Gasteiger partial charge in [0.05, 0.1) is 0 Å². The van der Waals surface area contributed by atoms with Gasteiger partial charge in [-0.25, -0.2) is 0 Å². The monoisotopic (exact) mass is 226 g/mol. The fourth-order valence-corrected chi connectivity index (χ4v) is 2.81. The fraction of sp³-hybridized carbons (Fsp3) is 1.00. The van der Waals surface area contributed by atoms with Gasteiger partial charge in [-0.05, 0) is 72.4 Å². The molecule has 2 nitrogen and oxygen atoms in total. The van der Waals surface area contributed by atoms with Crippen LogP contribution in [-0.4, -0.2) is 24.2 Å². The molecule has 2 saturated heterocycles. The molecule has 2 rings (SSSR count). The van der Waals surface area contributed by atoms with E-state index in [4.69, 9.17) is 0 Å². The third-order valence-electron chi connectivity index (χ3n) is 3.59. The zero-order valence-corrected chi connectivity index (χ0v) is 11.8. The minimum absolute atomic E-state index is 0.363. The van der Waals surface area contributed by atoms with Gasteiger partial charge in [0.15, 0.2) is 0 Å². The number of hydrogen-bond acceptors (Lipinski definition) is 2. The lowest BCUT2D eigenvalue weighted by Gasteiger charge is -2.42.